The van der Waals surface area contributed by atoms with Crippen LogP contribution in [-0.2, 0) is 18.4 Å². The number of amides is 1. The Morgan fingerprint density at radius 2 is 1.02 bits per heavy atom. The summed E-state index contributed by atoms with van der Waals surface area (Å²) in [4.78, 5) is 23.1. The Labute approximate surface area is 341 Å². The van der Waals surface area contributed by atoms with Gasteiger partial charge in [-0.15, -0.1) is 0 Å². The number of unbranched alkanes of at least 4 members (excludes halogenated alkanes) is 28. The fourth-order valence-electron chi connectivity index (χ4n) is 6.75. The predicted octanol–water partition coefficient (Wildman–Crippen LogP) is 12.9. The molecule has 1 unspecified atom stereocenters. The first-order chi connectivity index (χ1) is 26.5. The third-order valence-corrected chi connectivity index (χ3v) is 11.5. The normalized spacial score (nSPS) is 14.5. The predicted molar refractivity (Wildman–Crippen MR) is 235 cm³/mol. The third-order valence-electron chi connectivity index (χ3n) is 10.5. The quantitative estimate of drug-likeness (QED) is 0.0246. The molecule has 0 fully saturated rings. The highest BCUT2D eigenvalue weighted by Gasteiger charge is 2.27. The van der Waals surface area contributed by atoms with Crippen molar-refractivity contribution >= 4 is 13.7 Å². The van der Waals surface area contributed by atoms with Gasteiger partial charge in [0, 0.05) is 6.42 Å². The van der Waals surface area contributed by atoms with Crippen molar-refractivity contribution in [2.75, 3.05) is 40.9 Å². The number of rotatable bonds is 42. The Morgan fingerprint density at radius 3 is 1.44 bits per heavy atom. The van der Waals surface area contributed by atoms with Crippen molar-refractivity contribution in [1.29, 1.82) is 0 Å². The maximum Gasteiger partial charge on any atom is 0.472 e. The minimum absolute atomic E-state index is 0.0553. The number of allylic oxidation sites excluding steroid dienone is 3. The van der Waals surface area contributed by atoms with Gasteiger partial charge in [0.15, 0.2) is 0 Å². The number of hydrogen-bond acceptors (Lipinski definition) is 5. The number of phosphoric acid groups is 1. The molecule has 9 heteroatoms. The van der Waals surface area contributed by atoms with E-state index < -0.39 is 20.0 Å². The van der Waals surface area contributed by atoms with E-state index in [-0.39, 0.29) is 19.1 Å². The lowest BCUT2D eigenvalue weighted by Crippen LogP contribution is -2.45. The molecule has 0 bridgehead atoms. The second-order valence-electron chi connectivity index (χ2n) is 17.2. The van der Waals surface area contributed by atoms with Gasteiger partial charge in [-0.2, -0.15) is 0 Å². The van der Waals surface area contributed by atoms with E-state index in [2.05, 4.69) is 25.2 Å². The molecule has 0 saturated heterocycles. The van der Waals surface area contributed by atoms with Crippen molar-refractivity contribution < 1.29 is 32.9 Å². The topological polar surface area (TPSA) is 105 Å². The molecule has 1 amide bonds. The molecule has 8 nitrogen and oxygen atoms in total. The molecule has 55 heavy (non-hydrogen) atoms. The first-order valence-corrected chi connectivity index (χ1v) is 24.7. The van der Waals surface area contributed by atoms with Crippen molar-refractivity contribution in [3.63, 3.8) is 0 Å². The van der Waals surface area contributed by atoms with E-state index in [9.17, 15) is 19.4 Å². The maximum atomic E-state index is 12.8. The molecule has 0 aromatic rings. The lowest BCUT2D eigenvalue weighted by molar-refractivity contribution is -0.870. The standard InChI is InChI=1S/C46H91N2O6P/c1-6-8-10-12-14-16-18-19-20-21-22-23-24-25-26-27-28-29-30-32-34-36-38-40-46(50)47-44(43-54-55(51,52)53-42-41-48(3,4)5)45(49)39-37-35-33-31-17-15-13-11-9-7-2/h33,35,37,39,44-45,49H,6-32,34,36,38,40-43H2,1-5H3,(H-,47,50,51,52)/p+1/b35-33+,39-37+/t44-,45+/m0/s1. The van der Waals surface area contributed by atoms with Crippen molar-refractivity contribution in [3.05, 3.63) is 24.3 Å². The number of carbonyl (C=O) groups excluding carboxylic acids is 1. The molecule has 3 N–H and O–H groups in total. The van der Waals surface area contributed by atoms with Crippen LogP contribution < -0.4 is 5.32 Å². The van der Waals surface area contributed by atoms with Gasteiger partial charge in [0.05, 0.1) is 39.9 Å². The van der Waals surface area contributed by atoms with Crippen LogP contribution in [-0.4, -0.2) is 73.4 Å². The van der Waals surface area contributed by atoms with Gasteiger partial charge in [0.2, 0.25) is 5.91 Å². The molecule has 0 aliphatic carbocycles. The number of carbonyl (C=O) groups is 1. The van der Waals surface area contributed by atoms with Gasteiger partial charge in [-0.05, 0) is 19.3 Å². The summed E-state index contributed by atoms with van der Waals surface area (Å²) >= 11 is 0. The average molecular weight is 800 g/mol. The fraction of sp³-hybridized carbons (Fsp3) is 0.891. The van der Waals surface area contributed by atoms with E-state index >= 15 is 0 Å². The number of quaternary nitrogens is 1. The van der Waals surface area contributed by atoms with Crippen molar-refractivity contribution in [2.45, 2.75) is 225 Å². The van der Waals surface area contributed by atoms with Crippen LogP contribution in [0.3, 0.4) is 0 Å². The number of aliphatic hydroxyl groups is 1. The second-order valence-corrected chi connectivity index (χ2v) is 18.6. The van der Waals surface area contributed by atoms with Gasteiger partial charge in [0.1, 0.15) is 13.2 Å². The summed E-state index contributed by atoms with van der Waals surface area (Å²) in [6, 6.07) is -0.872. The van der Waals surface area contributed by atoms with Gasteiger partial charge in [-0.1, -0.05) is 212 Å². The molecule has 0 rings (SSSR count). The fourth-order valence-corrected chi connectivity index (χ4v) is 7.48. The highest BCUT2D eigenvalue weighted by molar-refractivity contribution is 7.47. The van der Waals surface area contributed by atoms with Gasteiger partial charge < -0.3 is 19.8 Å². The van der Waals surface area contributed by atoms with Crippen LogP contribution >= 0.6 is 7.82 Å². The molecular weight excluding hydrogens is 707 g/mol. The molecule has 0 aromatic carbocycles. The van der Waals surface area contributed by atoms with Gasteiger partial charge in [-0.3, -0.25) is 13.8 Å². The minimum Gasteiger partial charge on any atom is -0.387 e. The van der Waals surface area contributed by atoms with Crippen LogP contribution in [0, 0.1) is 0 Å². The molecule has 3 atom stereocenters. The van der Waals surface area contributed by atoms with E-state index in [0.717, 1.165) is 32.1 Å². The maximum absolute atomic E-state index is 12.8. The first-order valence-electron chi connectivity index (χ1n) is 23.2. The summed E-state index contributed by atoms with van der Waals surface area (Å²) in [7, 11) is 1.55. The SMILES string of the molecule is CCCCCCCC/C=C/C=C/[C@@H](O)[C@H](COP(=O)(O)OCC[N+](C)(C)C)NC(=O)CCCCCCCCCCCCCCCCCCCCCCCCC. The zero-order valence-electron chi connectivity index (χ0n) is 36.9. The molecule has 0 aliphatic rings. The highest BCUT2D eigenvalue weighted by Crippen LogP contribution is 2.43. The summed E-state index contributed by atoms with van der Waals surface area (Å²) in [5.74, 6) is -0.193. The van der Waals surface area contributed by atoms with E-state index in [1.54, 1.807) is 12.2 Å². The number of likely N-dealkylation sites (N-methyl/N-ethyl adjacent to an activating group) is 1. The van der Waals surface area contributed by atoms with Crippen molar-refractivity contribution in [1.82, 2.24) is 5.32 Å². The largest absolute Gasteiger partial charge is 0.472 e. The lowest BCUT2D eigenvalue weighted by atomic mass is 10.0. The number of aliphatic hydroxyl groups excluding tert-OH is 1. The Bertz CT molecular complexity index is 953. The third kappa shape index (κ3) is 41.0. The zero-order valence-corrected chi connectivity index (χ0v) is 37.8. The molecule has 0 heterocycles. The van der Waals surface area contributed by atoms with Crippen molar-refractivity contribution in [3.8, 4) is 0 Å². The Hall–Kier alpha value is -1.02. The Kier molecular flexibility index (Phi) is 37.8. The Balaban J connectivity index is 4.20. The lowest BCUT2D eigenvalue weighted by Gasteiger charge is -2.25. The van der Waals surface area contributed by atoms with Crippen molar-refractivity contribution in [2.24, 2.45) is 0 Å². The number of nitrogens with one attached hydrogen (secondary N) is 1. The Morgan fingerprint density at radius 1 is 0.618 bits per heavy atom. The molecule has 0 radical (unpaired) electrons. The number of phosphoric ester groups is 1. The highest BCUT2D eigenvalue weighted by atomic mass is 31.2. The van der Waals surface area contributed by atoms with E-state index in [0.29, 0.717) is 17.4 Å². The smallest absolute Gasteiger partial charge is 0.387 e. The van der Waals surface area contributed by atoms with Gasteiger partial charge >= 0.3 is 7.82 Å². The van der Waals surface area contributed by atoms with Crippen LogP contribution in [0.1, 0.15) is 213 Å². The summed E-state index contributed by atoms with van der Waals surface area (Å²) in [5, 5.41) is 13.7. The van der Waals surface area contributed by atoms with E-state index in [1.807, 2.05) is 27.2 Å². The molecule has 0 saturated carbocycles. The molecular formula is C46H92N2O6P+. The van der Waals surface area contributed by atoms with Gasteiger partial charge in [-0.25, -0.2) is 4.57 Å². The average Bonchev–Trinajstić information content (AvgIpc) is 3.13. The van der Waals surface area contributed by atoms with Gasteiger partial charge in [0.25, 0.3) is 0 Å². The first kappa shape index (κ1) is 54.0. The van der Waals surface area contributed by atoms with E-state index in [1.165, 1.54) is 161 Å². The molecule has 326 valence electrons. The minimum atomic E-state index is -4.34. The number of nitrogens with zero attached hydrogens (tertiary/aromatic N) is 1. The van der Waals surface area contributed by atoms with Crippen LogP contribution in [0.5, 0.6) is 0 Å². The van der Waals surface area contributed by atoms with Crippen LogP contribution in [0.4, 0.5) is 0 Å². The van der Waals surface area contributed by atoms with Crippen LogP contribution in [0.15, 0.2) is 24.3 Å². The monoisotopic (exact) mass is 800 g/mol. The summed E-state index contributed by atoms with van der Waals surface area (Å²) in [5.41, 5.74) is 0. The number of hydrogen-bond donors (Lipinski definition) is 3. The molecule has 0 aromatic heterocycles. The zero-order chi connectivity index (χ0) is 40.7. The second kappa shape index (κ2) is 38.5. The summed E-state index contributed by atoms with van der Waals surface area (Å²) in [6.45, 7) is 4.76. The van der Waals surface area contributed by atoms with Crippen LogP contribution in [0.2, 0.25) is 0 Å². The summed E-state index contributed by atoms with van der Waals surface area (Å²) < 4.78 is 23.5. The molecule has 0 spiro atoms. The summed E-state index contributed by atoms with van der Waals surface area (Å²) in [6.07, 6.45) is 45.6. The van der Waals surface area contributed by atoms with E-state index in [4.69, 9.17) is 9.05 Å². The van der Waals surface area contributed by atoms with Crippen LogP contribution in [0.25, 0.3) is 0 Å². The molecule has 0 aliphatic heterocycles.